The minimum atomic E-state index is -3.68. The Kier molecular flexibility index (Phi) is 3.54. The van der Waals surface area contributed by atoms with Crippen LogP contribution in [-0.2, 0) is 16.6 Å². The lowest BCUT2D eigenvalue weighted by Crippen LogP contribution is -2.25. The Morgan fingerprint density at radius 3 is 2.74 bits per heavy atom. The van der Waals surface area contributed by atoms with E-state index in [9.17, 15) is 8.42 Å². The quantitative estimate of drug-likeness (QED) is 0.705. The van der Waals surface area contributed by atoms with Gasteiger partial charge in [0.2, 0.25) is 10.0 Å². The molecule has 102 valence electrons. The Morgan fingerprint density at radius 2 is 2.11 bits per heavy atom. The van der Waals surface area contributed by atoms with Gasteiger partial charge in [-0.05, 0) is 31.0 Å². The largest absolute Gasteiger partial charge is 0.398 e. The highest BCUT2D eigenvalue weighted by Crippen LogP contribution is 2.25. The van der Waals surface area contributed by atoms with Gasteiger partial charge in [0.1, 0.15) is 17.0 Å². The van der Waals surface area contributed by atoms with Crippen molar-refractivity contribution < 1.29 is 8.42 Å². The van der Waals surface area contributed by atoms with Crippen molar-refractivity contribution in [3.8, 4) is 0 Å². The molecule has 0 aliphatic carbocycles. The van der Waals surface area contributed by atoms with E-state index in [-0.39, 0.29) is 17.1 Å². The van der Waals surface area contributed by atoms with Crippen molar-refractivity contribution in [2.45, 2.75) is 25.3 Å². The summed E-state index contributed by atoms with van der Waals surface area (Å²) in [6.45, 7) is 3.61. The van der Waals surface area contributed by atoms with Gasteiger partial charge in [0.15, 0.2) is 0 Å². The molecule has 8 heteroatoms. The molecular weight excluding hydrogens is 266 g/mol. The number of nitrogens with two attached hydrogens (primary N) is 1. The van der Waals surface area contributed by atoms with Crippen LogP contribution in [0.15, 0.2) is 23.4 Å². The predicted octanol–water partition coefficient (Wildman–Crippen LogP) is 0.482. The van der Waals surface area contributed by atoms with Gasteiger partial charge in [-0.3, -0.25) is 5.10 Å². The molecular formula is C11H15N5O2S. The van der Waals surface area contributed by atoms with Crippen molar-refractivity contribution in [1.82, 2.24) is 19.9 Å². The normalized spacial score (nSPS) is 11.7. The second kappa shape index (κ2) is 4.98. The molecule has 0 atom stereocenters. The number of aromatic nitrogens is 3. The molecule has 0 amide bonds. The molecule has 0 radical (unpaired) electrons. The molecule has 0 unspecified atom stereocenters. The number of hydrogen-bond donors (Lipinski definition) is 3. The molecule has 2 rings (SSSR count). The molecule has 0 saturated carbocycles. The average molecular weight is 281 g/mol. The second-order valence-corrected chi connectivity index (χ2v) is 5.89. The average Bonchev–Trinajstić information content (AvgIpc) is 2.85. The number of hydrogen-bond acceptors (Lipinski definition) is 5. The van der Waals surface area contributed by atoms with Crippen molar-refractivity contribution in [2.75, 3.05) is 5.73 Å². The van der Waals surface area contributed by atoms with E-state index in [4.69, 9.17) is 5.73 Å². The van der Waals surface area contributed by atoms with Crippen molar-refractivity contribution in [3.63, 3.8) is 0 Å². The van der Waals surface area contributed by atoms with E-state index in [2.05, 4.69) is 19.9 Å². The van der Waals surface area contributed by atoms with Gasteiger partial charge in [-0.2, -0.15) is 5.10 Å². The molecule has 1 aromatic heterocycles. The molecule has 4 N–H and O–H groups in total. The highest BCUT2D eigenvalue weighted by Gasteiger charge is 2.21. The molecule has 0 bridgehead atoms. The van der Waals surface area contributed by atoms with E-state index in [1.165, 1.54) is 6.33 Å². The molecule has 0 aliphatic heterocycles. The van der Waals surface area contributed by atoms with Gasteiger partial charge in [-0.1, -0.05) is 6.07 Å². The van der Waals surface area contributed by atoms with Crippen LogP contribution in [0.3, 0.4) is 0 Å². The van der Waals surface area contributed by atoms with Crippen molar-refractivity contribution in [1.29, 1.82) is 0 Å². The first-order chi connectivity index (χ1) is 8.92. The third-order valence-corrected chi connectivity index (χ3v) is 4.47. The van der Waals surface area contributed by atoms with Crippen molar-refractivity contribution in [2.24, 2.45) is 0 Å². The fraction of sp³-hybridized carbons (Fsp3) is 0.273. The van der Waals surface area contributed by atoms with Crippen LogP contribution >= 0.6 is 0 Å². The van der Waals surface area contributed by atoms with Gasteiger partial charge in [-0.15, -0.1) is 0 Å². The minimum absolute atomic E-state index is 0.0369. The van der Waals surface area contributed by atoms with Crippen LogP contribution in [0.1, 0.15) is 17.0 Å². The Morgan fingerprint density at radius 1 is 1.37 bits per heavy atom. The van der Waals surface area contributed by atoms with Crippen LogP contribution in [0, 0.1) is 13.8 Å². The Hall–Kier alpha value is -1.93. The maximum Gasteiger partial charge on any atom is 0.243 e. The standard InChI is InChI=1S/C11H15N5O2S/c1-7-3-4-9(12)11(8(7)2)19(17,18)15-5-10-13-6-14-16-10/h3-4,6,15H,5,12H2,1-2H3,(H,13,14,16). The maximum absolute atomic E-state index is 12.3. The number of nitrogens with zero attached hydrogens (tertiary/aromatic N) is 2. The lowest BCUT2D eigenvalue weighted by molar-refractivity contribution is 0.579. The number of H-pyrrole nitrogens is 1. The molecule has 1 aromatic carbocycles. The summed E-state index contributed by atoms with van der Waals surface area (Å²) < 4.78 is 27.0. The number of anilines is 1. The molecule has 0 fully saturated rings. The number of rotatable bonds is 4. The summed E-state index contributed by atoms with van der Waals surface area (Å²) in [5.41, 5.74) is 7.51. The van der Waals surface area contributed by atoms with Crippen molar-refractivity contribution in [3.05, 3.63) is 35.4 Å². The third-order valence-electron chi connectivity index (χ3n) is 2.87. The Balaban J connectivity index is 2.32. The SMILES string of the molecule is Cc1ccc(N)c(S(=O)(=O)NCc2ncn[nH]2)c1C. The highest BCUT2D eigenvalue weighted by atomic mass is 32.2. The van der Waals surface area contributed by atoms with E-state index in [1.807, 2.05) is 6.92 Å². The Bertz CT molecular complexity index is 679. The van der Waals surface area contributed by atoms with E-state index in [0.717, 1.165) is 5.56 Å². The summed E-state index contributed by atoms with van der Waals surface area (Å²) in [4.78, 5) is 3.97. The van der Waals surface area contributed by atoms with E-state index < -0.39 is 10.0 Å². The lowest BCUT2D eigenvalue weighted by atomic mass is 10.1. The van der Waals surface area contributed by atoms with Crippen LogP contribution in [0.4, 0.5) is 5.69 Å². The van der Waals surface area contributed by atoms with Crippen LogP contribution < -0.4 is 10.5 Å². The molecule has 7 nitrogen and oxygen atoms in total. The van der Waals surface area contributed by atoms with E-state index in [1.54, 1.807) is 19.1 Å². The van der Waals surface area contributed by atoms with E-state index >= 15 is 0 Å². The summed E-state index contributed by atoms with van der Waals surface area (Å²) in [5.74, 6) is 0.437. The number of sulfonamides is 1. The zero-order chi connectivity index (χ0) is 14.0. The molecule has 1 heterocycles. The lowest BCUT2D eigenvalue weighted by Gasteiger charge is -2.12. The molecule has 0 saturated heterocycles. The first kappa shape index (κ1) is 13.5. The summed E-state index contributed by atoms with van der Waals surface area (Å²) in [6, 6.07) is 3.38. The zero-order valence-corrected chi connectivity index (χ0v) is 11.5. The summed E-state index contributed by atoms with van der Waals surface area (Å²) in [7, 11) is -3.68. The van der Waals surface area contributed by atoms with Crippen LogP contribution in [0.2, 0.25) is 0 Å². The van der Waals surface area contributed by atoms with Gasteiger partial charge < -0.3 is 5.73 Å². The van der Waals surface area contributed by atoms with Gasteiger partial charge in [-0.25, -0.2) is 18.1 Å². The second-order valence-electron chi connectivity index (χ2n) is 4.18. The van der Waals surface area contributed by atoms with Crippen molar-refractivity contribution >= 4 is 15.7 Å². The summed E-state index contributed by atoms with van der Waals surface area (Å²) in [5, 5.41) is 6.23. The fourth-order valence-electron chi connectivity index (χ4n) is 1.72. The maximum atomic E-state index is 12.3. The molecule has 0 spiro atoms. The van der Waals surface area contributed by atoms with E-state index in [0.29, 0.717) is 11.4 Å². The van der Waals surface area contributed by atoms with Crippen LogP contribution in [-0.4, -0.2) is 23.6 Å². The van der Waals surface area contributed by atoms with Gasteiger partial charge >= 0.3 is 0 Å². The molecule has 2 aromatic rings. The van der Waals surface area contributed by atoms with Gasteiger partial charge in [0.25, 0.3) is 0 Å². The number of aryl methyl sites for hydroxylation is 1. The fourth-order valence-corrected chi connectivity index (χ4v) is 3.13. The minimum Gasteiger partial charge on any atom is -0.398 e. The summed E-state index contributed by atoms with van der Waals surface area (Å²) >= 11 is 0. The van der Waals surface area contributed by atoms with Crippen LogP contribution in [0.25, 0.3) is 0 Å². The number of nitrogen functional groups attached to an aromatic ring is 1. The monoisotopic (exact) mass is 281 g/mol. The third kappa shape index (κ3) is 2.74. The topological polar surface area (TPSA) is 114 Å². The first-order valence-electron chi connectivity index (χ1n) is 5.61. The van der Waals surface area contributed by atoms with Gasteiger partial charge in [0.05, 0.1) is 12.2 Å². The number of aromatic amines is 1. The smallest absolute Gasteiger partial charge is 0.243 e. The zero-order valence-electron chi connectivity index (χ0n) is 10.6. The number of nitrogens with one attached hydrogen (secondary N) is 2. The summed E-state index contributed by atoms with van der Waals surface area (Å²) in [6.07, 6.45) is 1.32. The highest BCUT2D eigenvalue weighted by molar-refractivity contribution is 7.89. The first-order valence-corrected chi connectivity index (χ1v) is 7.09. The number of benzene rings is 1. The Labute approximate surface area is 111 Å². The predicted molar refractivity (Wildman–Crippen MR) is 70.7 cm³/mol. The van der Waals surface area contributed by atoms with Crippen LogP contribution in [0.5, 0.6) is 0 Å². The molecule has 19 heavy (non-hydrogen) atoms. The molecule has 0 aliphatic rings. The van der Waals surface area contributed by atoms with Gasteiger partial charge in [0, 0.05) is 0 Å².